The molecular formula is C33H43FN4O8. The molecule has 1 aromatic heterocycles. The number of carbonyl (C=O) groups excluding carboxylic acids is 2. The molecule has 0 fully saturated rings. The highest BCUT2D eigenvalue weighted by Crippen LogP contribution is 2.30. The summed E-state index contributed by atoms with van der Waals surface area (Å²) in [5.41, 5.74) is -0.203. The number of alkyl carbamates (subject to hydrolysis) is 1. The standard InChI is InChI=1S/C33H43FN4O8/c1-6-19-45-26-15-14-24(34)27-28(26)38(20-23(29(27)39)21-10-12-22(44-5)13-11-21)18-17-35-30(40)25(9-7-8-16-36-31(41)42)37-32(43)46-33(2,3)4/h10-15,20,25,36H,6-9,16-19H2,1-5H3,(H,35,40)(H,37,43)(H,41,42)/t25-/m0/s1. The number of carboxylic acid groups (broad SMARTS) is 1. The fourth-order valence-corrected chi connectivity index (χ4v) is 4.75. The van der Waals surface area contributed by atoms with Gasteiger partial charge in [0, 0.05) is 31.4 Å². The summed E-state index contributed by atoms with van der Waals surface area (Å²) in [7, 11) is 1.53. The van der Waals surface area contributed by atoms with Gasteiger partial charge in [0.1, 0.15) is 29.0 Å². The van der Waals surface area contributed by atoms with Gasteiger partial charge in [0.05, 0.1) is 24.6 Å². The van der Waals surface area contributed by atoms with Crippen LogP contribution in [-0.4, -0.2) is 66.2 Å². The zero-order valence-electron chi connectivity index (χ0n) is 26.9. The van der Waals surface area contributed by atoms with Gasteiger partial charge in [-0.15, -0.1) is 0 Å². The monoisotopic (exact) mass is 642 g/mol. The van der Waals surface area contributed by atoms with E-state index >= 15 is 4.39 Å². The number of rotatable bonds is 15. The maximum atomic E-state index is 15.3. The number of hydrogen-bond donors (Lipinski definition) is 4. The predicted molar refractivity (Wildman–Crippen MR) is 172 cm³/mol. The van der Waals surface area contributed by atoms with E-state index in [1.807, 2.05) is 6.92 Å². The molecule has 1 heterocycles. The largest absolute Gasteiger partial charge is 0.497 e. The zero-order chi connectivity index (χ0) is 33.9. The van der Waals surface area contributed by atoms with Crippen molar-refractivity contribution >= 4 is 29.0 Å². The van der Waals surface area contributed by atoms with Crippen LogP contribution in [0.2, 0.25) is 0 Å². The fourth-order valence-electron chi connectivity index (χ4n) is 4.75. The Balaban J connectivity index is 1.90. The molecule has 0 unspecified atom stereocenters. The van der Waals surface area contributed by atoms with Crippen molar-refractivity contribution in [2.24, 2.45) is 0 Å². The van der Waals surface area contributed by atoms with Crippen LogP contribution in [0.3, 0.4) is 0 Å². The lowest BCUT2D eigenvalue weighted by Gasteiger charge is -2.23. The molecule has 12 nitrogen and oxygen atoms in total. The van der Waals surface area contributed by atoms with E-state index in [0.29, 0.717) is 42.9 Å². The molecule has 0 aliphatic carbocycles. The summed E-state index contributed by atoms with van der Waals surface area (Å²) in [5.74, 6) is -0.244. The predicted octanol–water partition coefficient (Wildman–Crippen LogP) is 5.05. The molecule has 2 aromatic carbocycles. The molecule has 3 rings (SSSR count). The van der Waals surface area contributed by atoms with Gasteiger partial charge in [-0.1, -0.05) is 19.1 Å². The molecule has 3 amide bonds. The van der Waals surface area contributed by atoms with Gasteiger partial charge in [-0.25, -0.2) is 14.0 Å². The van der Waals surface area contributed by atoms with Gasteiger partial charge in [-0.2, -0.15) is 0 Å². The Labute approximate surface area is 267 Å². The SMILES string of the molecule is CCCOc1ccc(F)c2c(=O)c(-c3ccc(OC)cc3)cn(CCNC(=O)[C@H](CCCCNC(=O)O)NC(=O)OC(C)(C)C)c12. The van der Waals surface area contributed by atoms with Crippen LogP contribution in [0, 0.1) is 5.82 Å². The smallest absolute Gasteiger partial charge is 0.408 e. The topological polar surface area (TPSA) is 157 Å². The molecule has 0 saturated heterocycles. The van der Waals surface area contributed by atoms with Crippen LogP contribution in [0.5, 0.6) is 11.5 Å². The average Bonchev–Trinajstić information content (AvgIpc) is 2.99. The summed E-state index contributed by atoms with van der Waals surface area (Å²) in [6.07, 6.45) is 1.53. The fraction of sp³-hybridized carbons (Fsp3) is 0.455. The van der Waals surface area contributed by atoms with E-state index in [0.717, 1.165) is 0 Å². The molecule has 0 aliphatic rings. The van der Waals surface area contributed by atoms with Crippen molar-refractivity contribution in [2.45, 2.75) is 71.6 Å². The van der Waals surface area contributed by atoms with E-state index in [1.54, 1.807) is 55.8 Å². The molecule has 46 heavy (non-hydrogen) atoms. The number of fused-ring (bicyclic) bond motifs is 1. The van der Waals surface area contributed by atoms with Crippen molar-refractivity contribution in [2.75, 3.05) is 26.8 Å². The molecular weight excluding hydrogens is 599 g/mol. The van der Waals surface area contributed by atoms with Gasteiger partial charge in [-0.3, -0.25) is 9.59 Å². The third-order valence-electron chi connectivity index (χ3n) is 6.85. The number of unbranched alkanes of at least 4 members (excludes halogenated alkanes) is 1. The zero-order valence-corrected chi connectivity index (χ0v) is 26.9. The third kappa shape index (κ3) is 10.1. The molecule has 13 heteroatoms. The van der Waals surface area contributed by atoms with E-state index < -0.39 is 41.0 Å². The number of ether oxygens (including phenoxy) is 3. The first-order valence-corrected chi connectivity index (χ1v) is 15.2. The number of hydrogen-bond acceptors (Lipinski definition) is 7. The van der Waals surface area contributed by atoms with Crippen molar-refractivity contribution in [1.29, 1.82) is 0 Å². The normalized spacial score (nSPS) is 11.9. The van der Waals surface area contributed by atoms with E-state index in [1.165, 1.54) is 19.2 Å². The lowest BCUT2D eigenvalue weighted by atomic mass is 10.0. The van der Waals surface area contributed by atoms with Gasteiger partial charge in [0.15, 0.2) is 5.43 Å². The van der Waals surface area contributed by atoms with Gasteiger partial charge in [0.25, 0.3) is 0 Å². The molecule has 1 atom stereocenters. The number of pyridine rings is 1. The highest BCUT2D eigenvalue weighted by Gasteiger charge is 2.24. The van der Waals surface area contributed by atoms with Gasteiger partial charge in [0.2, 0.25) is 5.91 Å². The van der Waals surface area contributed by atoms with Crippen molar-refractivity contribution in [3.63, 3.8) is 0 Å². The van der Waals surface area contributed by atoms with E-state index in [9.17, 15) is 19.2 Å². The average molecular weight is 643 g/mol. The maximum Gasteiger partial charge on any atom is 0.408 e. The van der Waals surface area contributed by atoms with Crippen molar-refractivity contribution < 1.29 is 38.1 Å². The Bertz CT molecular complexity index is 1570. The molecule has 3 aromatic rings. The molecule has 0 radical (unpaired) electrons. The second-order valence-corrected chi connectivity index (χ2v) is 11.6. The molecule has 4 N–H and O–H groups in total. The lowest BCUT2D eigenvalue weighted by molar-refractivity contribution is -0.123. The second-order valence-electron chi connectivity index (χ2n) is 11.6. The quantitative estimate of drug-likeness (QED) is 0.168. The van der Waals surface area contributed by atoms with Crippen LogP contribution in [0.25, 0.3) is 22.0 Å². The Hall–Kier alpha value is -4.81. The number of methoxy groups -OCH3 is 1. The van der Waals surface area contributed by atoms with Crippen molar-refractivity contribution in [3.8, 4) is 22.6 Å². The third-order valence-corrected chi connectivity index (χ3v) is 6.85. The summed E-state index contributed by atoms with van der Waals surface area (Å²) in [6, 6.07) is 8.56. The minimum absolute atomic E-state index is 0.0651. The first-order chi connectivity index (χ1) is 21.8. The number of carbonyl (C=O) groups is 3. The maximum absolute atomic E-state index is 15.3. The van der Waals surface area contributed by atoms with Crippen LogP contribution < -0.4 is 30.9 Å². The Morgan fingerprint density at radius 3 is 2.37 bits per heavy atom. The number of nitrogens with zero attached hydrogens (tertiary/aromatic N) is 1. The van der Waals surface area contributed by atoms with E-state index in [-0.39, 0.29) is 42.5 Å². The summed E-state index contributed by atoms with van der Waals surface area (Å²) in [6.45, 7) is 7.80. The van der Waals surface area contributed by atoms with Crippen LogP contribution >= 0.6 is 0 Å². The highest BCUT2D eigenvalue weighted by molar-refractivity contribution is 5.89. The number of nitrogens with one attached hydrogen (secondary N) is 3. The number of aromatic nitrogens is 1. The Kier molecular flexibility index (Phi) is 12.8. The summed E-state index contributed by atoms with van der Waals surface area (Å²) < 4.78 is 33.4. The summed E-state index contributed by atoms with van der Waals surface area (Å²) in [4.78, 5) is 50.2. The lowest BCUT2D eigenvalue weighted by Crippen LogP contribution is -2.48. The van der Waals surface area contributed by atoms with Gasteiger partial charge >= 0.3 is 12.2 Å². The van der Waals surface area contributed by atoms with E-state index in [4.69, 9.17) is 19.3 Å². The summed E-state index contributed by atoms with van der Waals surface area (Å²) in [5, 5.41) is 16.3. The van der Waals surface area contributed by atoms with Crippen LogP contribution in [0.4, 0.5) is 14.0 Å². The molecule has 0 aliphatic heterocycles. The number of benzene rings is 2. The van der Waals surface area contributed by atoms with Crippen LogP contribution in [-0.2, 0) is 16.1 Å². The van der Waals surface area contributed by atoms with Gasteiger partial charge < -0.3 is 39.8 Å². The molecule has 0 saturated carbocycles. The minimum atomic E-state index is -1.14. The molecule has 250 valence electrons. The number of amides is 3. The van der Waals surface area contributed by atoms with Crippen molar-refractivity contribution in [1.82, 2.24) is 20.5 Å². The minimum Gasteiger partial charge on any atom is -0.497 e. The molecule has 0 spiro atoms. The first-order valence-electron chi connectivity index (χ1n) is 15.2. The highest BCUT2D eigenvalue weighted by atomic mass is 19.1. The van der Waals surface area contributed by atoms with Crippen LogP contribution in [0.15, 0.2) is 47.4 Å². The Morgan fingerprint density at radius 1 is 1.02 bits per heavy atom. The molecule has 0 bridgehead atoms. The van der Waals surface area contributed by atoms with E-state index in [2.05, 4.69) is 16.0 Å². The van der Waals surface area contributed by atoms with Gasteiger partial charge in [-0.05, 0) is 76.3 Å². The van der Waals surface area contributed by atoms with Crippen LogP contribution in [0.1, 0.15) is 53.4 Å². The Morgan fingerprint density at radius 2 is 1.74 bits per heavy atom. The van der Waals surface area contributed by atoms with Crippen molar-refractivity contribution in [3.05, 3.63) is 58.6 Å². The number of halogens is 1. The summed E-state index contributed by atoms with van der Waals surface area (Å²) >= 11 is 0. The second kappa shape index (κ2) is 16.5. The first kappa shape index (κ1) is 35.7.